The van der Waals surface area contributed by atoms with E-state index in [0.717, 1.165) is 4.90 Å². The monoisotopic (exact) mass is 382 g/mol. The van der Waals surface area contributed by atoms with Crippen LogP contribution in [-0.4, -0.2) is 24.7 Å². The Morgan fingerprint density at radius 3 is 2.56 bits per heavy atom. The van der Waals surface area contributed by atoms with Gasteiger partial charge in [-0.2, -0.15) is 0 Å². The van der Waals surface area contributed by atoms with E-state index in [0.29, 0.717) is 17.1 Å². The first kappa shape index (κ1) is 18.6. The molecule has 0 unspecified atom stereocenters. The molecule has 0 atom stereocenters. The number of carbonyl (C=O) groups is 2. The molecule has 0 aliphatic heterocycles. The summed E-state index contributed by atoms with van der Waals surface area (Å²) in [6, 6.07) is 17.9. The maximum Gasteiger partial charge on any atom is 0.291 e. The fraction of sp³-hybridized carbons (Fsp3) is 0.100. The number of carbonyl (C=O) groups excluding carboxylic acids is 2. The molecule has 0 bridgehead atoms. The van der Waals surface area contributed by atoms with Gasteiger partial charge in [-0.15, -0.1) is 11.8 Å². The van der Waals surface area contributed by atoms with Crippen LogP contribution < -0.4 is 15.4 Å². The molecule has 6 nitrogen and oxygen atoms in total. The molecule has 0 spiro atoms. The number of ether oxygens (including phenoxy) is 1. The van der Waals surface area contributed by atoms with E-state index in [2.05, 4.69) is 10.6 Å². The SMILES string of the molecule is COc1ccc(NC(=O)CSc2ccccc2)cc1NC(=O)c1ccco1. The second-order valence-electron chi connectivity index (χ2n) is 5.50. The summed E-state index contributed by atoms with van der Waals surface area (Å²) in [5.41, 5.74) is 0.997. The molecule has 1 heterocycles. The Balaban J connectivity index is 1.65. The van der Waals surface area contributed by atoms with Crippen molar-refractivity contribution in [3.63, 3.8) is 0 Å². The van der Waals surface area contributed by atoms with Crippen molar-refractivity contribution in [2.75, 3.05) is 23.5 Å². The largest absolute Gasteiger partial charge is 0.495 e. The first-order chi connectivity index (χ1) is 13.2. The molecular weight excluding hydrogens is 364 g/mol. The Bertz CT molecular complexity index is 911. The van der Waals surface area contributed by atoms with Crippen LogP contribution in [0.15, 0.2) is 76.2 Å². The van der Waals surface area contributed by atoms with Gasteiger partial charge in [-0.05, 0) is 42.5 Å². The Hall–Kier alpha value is -3.19. The van der Waals surface area contributed by atoms with E-state index in [-0.39, 0.29) is 17.4 Å². The third-order valence-electron chi connectivity index (χ3n) is 3.59. The molecule has 1 aromatic heterocycles. The third-order valence-corrected chi connectivity index (χ3v) is 4.60. The molecule has 0 saturated carbocycles. The van der Waals surface area contributed by atoms with E-state index in [9.17, 15) is 9.59 Å². The van der Waals surface area contributed by atoms with Crippen LogP contribution >= 0.6 is 11.8 Å². The second kappa shape index (κ2) is 8.95. The lowest BCUT2D eigenvalue weighted by molar-refractivity contribution is -0.113. The quantitative estimate of drug-likeness (QED) is 0.597. The summed E-state index contributed by atoms with van der Waals surface area (Å²) < 4.78 is 10.4. The average Bonchev–Trinajstić information content (AvgIpc) is 3.22. The first-order valence-corrected chi connectivity index (χ1v) is 9.15. The average molecular weight is 382 g/mol. The minimum Gasteiger partial charge on any atom is -0.495 e. The number of benzene rings is 2. The van der Waals surface area contributed by atoms with E-state index in [1.807, 2.05) is 30.3 Å². The summed E-state index contributed by atoms with van der Waals surface area (Å²) in [6.07, 6.45) is 1.42. The smallest absolute Gasteiger partial charge is 0.291 e. The predicted molar refractivity (Wildman–Crippen MR) is 105 cm³/mol. The van der Waals surface area contributed by atoms with Gasteiger partial charge in [0.2, 0.25) is 5.91 Å². The van der Waals surface area contributed by atoms with Gasteiger partial charge in [-0.3, -0.25) is 9.59 Å². The lowest BCUT2D eigenvalue weighted by atomic mass is 10.2. The molecule has 27 heavy (non-hydrogen) atoms. The van der Waals surface area contributed by atoms with Gasteiger partial charge in [0.25, 0.3) is 5.91 Å². The van der Waals surface area contributed by atoms with Crippen molar-refractivity contribution in [2.24, 2.45) is 0 Å². The molecule has 0 aliphatic rings. The highest BCUT2D eigenvalue weighted by atomic mass is 32.2. The Morgan fingerprint density at radius 1 is 1.04 bits per heavy atom. The van der Waals surface area contributed by atoms with E-state index in [4.69, 9.17) is 9.15 Å². The van der Waals surface area contributed by atoms with E-state index in [1.165, 1.54) is 25.1 Å². The van der Waals surface area contributed by atoms with Gasteiger partial charge in [0.05, 0.1) is 24.8 Å². The van der Waals surface area contributed by atoms with Crippen LogP contribution in [0.2, 0.25) is 0 Å². The number of amides is 2. The van der Waals surface area contributed by atoms with Crippen molar-refractivity contribution >= 4 is 35.0 Å². The molecule has 3 rings (SSSR count). The lowest BCUT2D eigenvalue weighted by Gasteiger charge is -2.12. The zero-order chi connectivity index (χ0) is 19.1. The van der Waals surface area contributed by atoms with Crippen LogP contribution in [0, 0.1) is 0 Å². The van der Waals surface area contributed by atoms with Gasteiger partial charge in [0.15, 0.2) is 5.76 Å². The fourth-order valence-electron chi connectivity index (χ4n) is 2.34. The minimum atomic E-state index is -0.401. The number of hydrogen-bond donors (Lipinski definition) is 2. The molecule has 2 aromatic carbocycles. The van der Waals surface area contributed by atoms with Crippen LogP contribution in [0.4, 0.5) is 11.4 Å². The van der Waals surface area contributed by atoms with Crippen LogP contribution in [0.3, 0.4) is 0 Å². The summed E-state index contributed by atoms with van der Waals surface area (Å²) in [5.74, 6) is 0.403. The number of rotatable bonds is 7. The Morgan fingerprint density at radius 2 is 1.85 bits per heavy atom. The second-order valence-corrected chi connectivity index (χ2v) is 6.55. The summed E-state index contributed by atoms with van der Waals surface area (Å²) >= 11 is 1.45. The summed E-state index contributed by atoms with van der Waals surface area (Å²) in [7, 11) is 1.51. The zero-order valence-corrected chi connectivity index (χ0v) is 15.4. The first-order valence-electron chi connectivity index (χ1n) is 8.16. The molecule has 2 amide bonds. The standard InChI is InChI=1S/C20H18N2O4S/c1-25-17-10-9-14(12-16(17)22-20(24)18-8-5-11-26-18)21-19(23)13-27-15-6-3-2-4-7-15/h2-12H,13H2,1H3,(H,21,23)(H,22,24). The van der Waals surface area contributed by atoms with Gasteiger partial charge in [0, 0.05) is 10.6 Å². The molecule has 0 saturated heterocycles. The maximum atomic E-state index is 12.2. The van der Waals surface area contributed by atoms with Crippen molar-refractivity contribution in [3.05, 3.63) is 72.7 Å². The highest BCUT2D eigenvalue weighted by molar-refractivity contribution is 8.00. The van der Waals surface area contributed by atoms with Crippen molar-refractivity contribution in [1.29, 1.82) is 0 Å². The number of furan rings is 1. The highest BCUT2D eigenvalue weighted by Gasteiger charge is 2.13. The van der Waals surface area contributed by atoms with E-state index >= 15 is 0 Å². The van der Waals surface area contributed by atoms with Crippen molar-refractivity contribution in [2.45, 2.75) is 4.90 Å². The van der Waals surface area contributed by atoms with Gasteiger partial charge in [-0.25, -0.2) is 0 Å². The normalized spacial score (nSPS) is 10.3. The molecule has 3 aromatic rings. The Labute approximate surface area is 160 Å². The van der Waals surface area contributed by atoms with Crippen LogP contribution in [0.5, 0.6) is 5.75 Å². The van der Waals surface area contributed by atoms with Crippen LogP contribution in [0.1, 0.15) is 10.6 Å². The summed E-state index contributed by atoms with van der Waals surface area (Å²) in [6.45, 7) is 0. The highest BCUT2D eigenvalue weighted by Crippen LogP contribution is 2.28. The zero-order valence-electron chi connectivity index (χ0n) is 14.6. The van der Waals surface area contributed by atoms with E-state index in [1.54, 1.807) is 30.3 Å². The Kier molecular flexibility index (Phi) is 6.17. The lowest BCUT2D eigenvalue weighted by Crippen LogP contribution is -2.15. The van der Waals surface area contributed by atoms with Crippen molar-refractivity contribution < 1.29 is 18.7 Å². The van der Waals surface area contributed by atoms with Gasteiger partial charge in [-0.1, -0.05) is 18.2 Å². The van der Waals surface area contributed by atoms with Gasteiger partial charge < -0.3 is 19.8 Å². The van der Waals surface area contributed by atoms with Crippen LogP contribution in [-0.2, 0) is 4.79 Å². The number of nitrogens with one attached hydrogen (secondary N) is 2. The van der Waals surface area contributed by atoms with E-state index < -0.39 is 5.91 Å². The molecule has 138 valence electrons. The number of anilines is 2. The summed E-state index contributed by atoms with van der Waals surface area (Å²) in [5, 5.41) is 5.54. The van der Waals surface area contributed by atoms with Gasteiger partial charge in [0.1, 0.15) is 5.75 Å². The molecule has 7 heteroatoms. The van der Waals surface area contributed by atoms with Crippen LogP contribution in [0.25, 0.3) is 0 Å². The van der Waals surface area contributed by atoms with Crippen molar-refractivity contribution in [3.8, 4) is 5.75 Å². The third kappa shape index (κ3) is 5.15. The predicted octanol–water partition coefficient (Wildman–Crippen LogP) is 4.27. The molecule has 0 fully saturated rings. The van der Waals surface area contributed by atoms with Crippen molar-refractivity contribution in [1.82, 2.24) is 0 Å². The number of hydrogen-bond acceptors (Lipinski definition) is 5. The maximum absolute atomic E-state index is 12.2. The van der Waals surface area contributed by atoms with Gasteiger partial charge >= 0.3 is 0 Å². The number of thioether (sulfide) groups is 1. The fourth-order valence-corrected chi connectivity index (χ4v) is 3.06. The number of methoxy groups -OCH3 is 1. The molecule has 0 aliphatic carbocycles. The minimum absolute atomic E-state index is 0.141. The topological polar surface area (TPSA) is 80.6 Å². The molecular formula is C20H18N2O4S. The molecule has 2 N–H and O–H groups in total. The molecule has 0 radical (unpaired) electrons. The summed E-state index contributed by atoms with van der Waals surface area (Å²) in [4.78, 5) is 25.4.